The van der Waals surface area contributed by atoms with Gasteiger partial charge in [-0.25, -0.2) is 4.79 Å². The number of halogens is 1. The van der Waals surface area contributed by atoms with Crippen LogP contribution in [0.3, 0.4) is 0 Å². The topological polar surface area (TPSA) is 94.9 Å². The van der Waals surface area contributed by atoms with Crippen LogP contribution in [0, 0.1) is 10.1 Å². The fourth-order valence-corrected chi connectivity index (χ4v) is 1.80. The van der Waals surface area contributed by atoms with Gasteiger partial charge in [-0.2, -0.15) is 0 Å². The number of rotatable bonds is 4. The maximum atomic E-state index is 10.6. The molecule has 0 unspecified atom stereocenters. The molecular formula is C13H9ClN2O5. The smallest absolute Gasteiger partial charge is 0.331 e. The molecule has 1 heterocycles. The molecule has 0 aliphatic rings. The van der Waals surface area contributed by atoms with E-state index in [0.717, 1.165) is 0 Å². The summed E-state index contributed by atoms with van der Waals surface area (Å²) in [5.41, 5.74) is 0.404. The Kier molecular flexibility index (Phi) is 4.34. The summed E-state index contributed by atoms with van der Waals surface area (Å²) in [6.45, 7) is 1.22. The van der Waals surface area contributed by atoms with Crippen LogP contribution in [0.25, 0.3) is 11.3 Å². The number of hydrogen-bond acceptors (Lipinski definition) is 6. The number of nitrogens with zero attached hydrogens (tertiary/aromatic N) is 2. The van der Waals surface area contributed by atoms with E-state index >= 15 is 0 Å². The summed E-state index contributed by atoms with van der Waals surface area (Å²) >= 11 is 6.00. The maximum absolute atomic E-state index is 10.6. The van der Waals surface area contributed by atoms with Crippen molar-refractivity contribution in [2.45, 2.75) is 6.92 Å². The molecule has 0 fully saturated rings. The number of carbonyl (C=O) groups excluding carboxylic acids is 1. The lowest BCUT2D eigenvalue weighted by atomic mass is 10.1. The summed E-state index contributed by atoms with van der Waals surface area (Å²) in [6, 6.07) is 7.29. The monoisotopic (exact) mass is 308 g/mol. The molecule has 1 aromatic heterocycles. The summed E-state index contributed by atoms with van der Waals surface area (Å²) in [5, 5.41) is 14.3. The van der Waals surface area contributed by atoms with Crippen LogP contribution in [0.5, 0.6) is 0 Å². The van der Waals surface area contributed by atoms with E-state index in [0.29, 0.717) is 17.1 Å². The third-order valence-electron chi connectivity index (χ3n) is 2.42. The van der Waals surface area contributed by atoms with Gasteiger partial charge in [0, 0.05) is 24.6 Å². The number of furan rings is 1. The number of hydrogen-bond donors (Lipinski definition) is 0. The van der Waals surface area contributed by atoms with Gasteiger partial charge in [-0.3, -0.25) is 10.1 Å². The molecule has 0 atom stereocenters. The third-order valence-corrected chi connectivity index (χ3v) is 2.73. The average molecular weight is 309 g/mol. The van der Waals surface area contributed by atoms with E-state index in [2.05, 4.69) is 9.99 Å². The van der Waals surface area contributed by atoms with E-state index in [4.69, 9.17) is 16.0 Å². The van der Waals surface area contributed by atoms with Crippen LogP contribution < -0.4 is 0 Å². The first-order valence-electron chi connectivity index (χ1n) is 5.72. The van der Waals surface area contributed by atoms with Crippen molar-refractivity contribution >= 4 is 29.5 Å². The van der Waals surface area contributed by atoms with E-state index < -0.39 is 10.9 Å². The van der Waals surface area contributed by atoms with Crippen molar-refractivity contribution in [2.75, 3.05) is 0 Å². The molecule has 0 aliphatic carbocycles. The zero-order valence-corrected chi connectivity index (χ0v) is 11.5. The molecule has 0 aliphatic heterocycles. The highest BCUT2D eigenvalue weighted by Crippen LogP contribution is 2.31. The van der Waals surface area contributed by atoms with Crippen LogP contribution in [0.2, 0.25) is 5.02 Å². The van der Waals surface area contributed by atoms with E-state index in [-0.39, 0.29) is 10.7 Å². The van der Waals surface area contributed by atoms with Crippen LogP contribution in [0.1, 0.15) is 12.7 Å². The van der Waals surface area contributed by atoms with Gasteiger partial charge in [0.15, 0.2) is 0 Å². The number of nitro groups is 1. The highest BCUT2D eigenvalue weighted by molar-refractivity contribution is 6.33. The molecule has 0 bridgehead atoms. The van der Waals surface area contributed by atoms with Crippen LogP contribution in [-0.4, -0.2) is 17.1 Å². The summed E-state index contributed by atoms with van der Waals surface area (Å²) in [5.74, 6) is 0.219. The summed E-state index contributed by atoms with van der Waals surface area (Å²) < 4.78 is 5.44. The fraction of sp³-hybridized carbons (Fsp3) is 0.0769. The normalized spacial score (nSPS) is 10.8. The number of benzene rings is 1. The maximum Gasteiger partial charge on any atom is 0.331 e. The van der Waals surface area contributed by atoms with Crippen molar-refractivity contribution in [3.63, 3.8) is 0 Å². The zero-order chi connectivity index (χ0) is 15.4. The van der Waals surface area contributed by atoms with Gasteiger partial charge >= 0.3 is 5.97 Å². The van der Waals surface area contributed by atoms with E-state index in [1.165, 1.54) is 31.3 Å². The predicted molar refractivity (Wildman–Crippen MR) is 75.2 cm³/mol. The number of oxime groups is 1. The molecule has 1 aromatic carbocycles. The highest BCUT2D eigenvalue weighted by atomic mass is 35.5. The minimum absolute atomic E-state index is 0.105. The van der Waals surface area contributed by atoms with Gasteiger partial charge in [0.25, 0.3) is 5.69 Å². The van der Waals surface area contributed by atoms with Crippen molar-refractivity contribution in [3.8, 4) is 11.3 Å². The molecule has 0 amide bonds. The standard InChI is InChI=1S/C13H9ClN2O5/c1-8(17)21-15-7-10-3-5-13(20-10)11-4-2-9(16(18)19)6-12(11)14/h2-7H,1H3/b15-7+. The van der Waals surface area contributed by atoms with Crippen molar-refractivity contribution in [2.24, 2.45) is 5.16 Å². The van der Waals surface area contributed by atoms with Gasteiger partial charge in [-0.15, -0.1) is 0 Å². The minimum atomic E-state index is -0.545. The summed E-state index contributed by atoms with van der Waals surface area (Å²) in [4.78, 5) is 25.1. The summed E-state index contributed by atoms with van der Waals surface area (Å²) in [7, 11) is 0. The molecule has 0 saturated heterocycles. The Labute approximate surface area is 123 Å². The SMILES string of the molecule is CC(=O)O/N=C/c1ccc(-c2ccc([N+](=O)[O-])cc2Cl)o1. The van der Waals surface area contributed by atoms with Crippen molar-refractivity contribution < 1.29 is 19.0 Å². The van der Waals surface area contributed by atoms with Gasteiger partial charge in [-0.1, -0.05) is 16.8 Å². The van der Waals surface area contributed by atoms with Gasteiger partial charge in [0.2, 0.25) is 0 Å². The van der Waals surface area contributed by atoms with Crippen molar-refractivity contribution in [1.29, 1.82) is 0 Å². The van der Waals surface area contributed by atoms with Gasteiger partial charge in [-0.05, 0) is 18.2 Å². The second-order valence-electron chi connectivity index (χ2n) is 3.94. The third kappa shape index (κ3) is 3.67. The van der Waals surface area contributed by atoms with Crippen LogP contribution >= 0.6 is 11.6 Å². The number of nitro benzene ring substituents is 1. The molecule has 0 saturated carbocycles. The molecule has 7 nitrogen and oxygen atoms in total. The Bertz CT molecular complexity index is 723. The Hall–Kier alpha value is -2.67. The molecular weight excluding hydrogens is 300 g/mol. The molecule has 0 spiro atoms. The first-order valence-corrected chi connectivity index (χ1v) is 6.10. The Balaban J connectivity index is 2.23. The van der Waals surface area contributed by atoms with E-state index in [1.807, 2.05) is 0 Å². The second-order valence-corrected chi connectivity index (χ2v) is 4.35. The molecule has 2 rings (SSSR count). The first kappa shape index (κ1) is 14.7. The lowest BCUT2D eigenvalue weighted by Gasteiger charge is -2.00. The molecule has 8 heteroatoms. The second kappa shape index (κ2) is 6.19. The fourth-order valence-electron chi connectivity index (χ4n) is 1.54. The van der Waals surface area contributed by atoms with Crippen LogP contribution in [0.15, 0.2) is 39.9 Å². The van der Waals surface area contributed by atoms with Gasteiger partial charge in [0.1, 0.15) is 17.7 Å². The highest BCUT2D eigenvalue weighted by Gasteiger charge is 2.13. The lowest BCUT2D eigenvalue weighted by molar-refractivity contribution is -0.384. The predicted octanol–water partition coefficient (Wildman–Crippen LogP) is 3.41. The Morgan fingerprint density at radius 2 is 2.19 bits per heavy atom. The molecule has 0 N–H and O–H groups in total. The minimum Gasteiger partial charge on any atom is -0.455 e. The van der Waals surface area contributed by atoms with Crippen LogP contribution in [-0.2, 0) is 9.63 Å². The van der Waals surface area contributed by atoms with Gasteiger partial charge < -0.3 is 9.25 Å². The quantitative estimate of drug-likeness (QED) is 0.373. The number of carbonyl (C=O) groups is 1. The zero-order valence-electron chi connectivity index (χ0n) is 10.8. The average Bonchev–Trinajstić information content (AvgIpc) is 2.86. The molecule has 21 heavy (non-hydrogen) atoms. The largest absolute Gasteiger partial charge is 0.455 e. The van der Waals surface area contributed by atoms with E-state index in [1.54, 1.807) is 12.1 Å². The van der Waals surface area contributed by atoms with Gasteiger partial charge in [0.05, 0.1) is 9.95 Å². The number of non-ortho nitro benzene ring substituents is 1. The Morgan fingerprint density at radius 3 is 2.81 bits per heavy atom. The summed E-state index contributed by atoms with van der Waals surface area (Å²) in [6.07, 6.45) is 1.23. The first-order chi connectivity index (χ1) is 9.97. The molecule has 2 aromatic rings. The lowest BCUT2D eigenvalue weighted by Crippen LogP contribution is -1.91. The van der Waals surface area contributed by atoms with Crippen molar-refractivity contribution in [1.82, 2.24) is 0 Å². The Morgan fingerprint density at radius 1 is 1.43 bits per heavy atom. The molecule has 108 valence electrons. The van der Waals surface area contributed by atoms with Crippen molar-refractivity contribution in [3.05, 3.63) is 51.2 Å². The van der Waals surface area contributed by atoms with E-state index in [9.17, 15) is 14.9 Å². The molecule has 0 radical (unpaired) electrons. The van der Waals surface area contributed by atoms with Crippen LogP contribution in [0.4, 0.5) is 5.69 Å².